The number of benzene rings is 1. The number of Topliss-reactive ketones (excluding diaryl/α,β-unsaturated/α-hetero) is 1. The molecule has 0 aliphatic heterocycles. The third kappa shape index (κ3) is 4.14. The Hall–Kier alpha value is -1.94. The van der Waals surface area contributed by atoms with Gasteiger partial charge < -0.3 is 10.4 Å². The van der Waals surface area contributed by atoms with E-state index in [-0.39, 0.29) is 12.2 Å². The Morgan fingerprint density at radius 1 is 1.39 bits per heavy atom. The summed E-state index contributed by atoms with van der Waals surface area (Å²) in [5, 5.41) is 11.7. The molecule has 4 heteroatoms. The summed E-state index contributed by atoms with van der Waals surface area (Å²) in [5.74, 6) is -1.21. The van der Waals surface area contributed by atoms with Crippen LogP contribution in [-0.4, -0.2) is 29.4 Å². The summed E-state index contributed by atoms with van der Waals surface area (Å²) in [7, 11) is 0. The van der Waals surface area contributed by atoms with E-state index in [9.17, 15) is 9.59 Å². The van der Waals surface area contributed by atoms with Gasteiger partial charge in [-0.3, -0.25) is 9.59 Å². The lowest BCUT2D eigenvalue weighted by Crippen LogP contribution is -2.38. The van der Waals surface area contributed by atoms with Crippen molar-refractivity contribution < 1.29 is 14.7 Å². The Labute approximate surface area is 106 Å². The fourth-order valence-corrected chi connectivity index (χ4v) is 1.58. The Balaban J connectivity index is 2.83. The largest absolute Gasteiger partial charge is 0.481 e. The maximum Gasteiger partial charge on any atom is 0.305 e. The molecule has 1 aromatic rings. The molecule has 1 rings (SSSR count). The summed E-state index contributed by atoms with van der Waals surface area (Å²) in [4.78, 5) is 22.9. The first-order chi connectivity index (χ1) is 8.54. The number of carbonyl (C=O) groups excluding carboxylic acids is 1. The van der Waals surface area contributed by atoms with Gasteiger partial charge in [-0.1, -0.05) is 35.9 Å². The molecule has 0 aliphatic rings. The number of carboxylic acid groups (broad SMARTS) is 1. The van der Waals surface area contributed by atoms with E-state index in [0.29, 0.717) is 12.1 Å². The molecular formula is C14H17NO3. The summed E-state index contributed by atoms with van der Waals surface area (Å²) in [6.07, 6.45) is 1.36. The monoisotopic (exact) mass is 247 g/mol. The van der Waals surface area contributed by atoms with Crippen molar-refractivity contribution in [1.29, 1.82) is 0 Å². The predicted molar refractivity (Wildman–Crippen MR) is 69.8 cm³/mol. The minimum absolute atomic E-state index is 0.209. The number of rotatable bonds is 7. The van der Waals surface area contributed by atoms with Gasteiger partial charge in [0.25, 0.3) is 0 Å². The van der Waals surface area contributed by atoms with Crippen molar-refractivity contribution in [2.45, 2.75) is 19.4 Å². The average molecular weight is 247 g/mol. The number of hydrogen-bond donors (Lipinski definition) is 2. The van der Waals surface area contributed by atoms with Gasteiger partial charge in [-0.2, -0.15) is 0 Å². The molecule has 0 heterocycles. The Morgan fingerprint density at radius 3 is 2.50 bits per heavy atom. The molecule has 0 saturated heterocycles. The Kier molecular flexibility index (Phi) is 5.27. The predicted octanol–water partition coefficient (Wildman–Crippen LogP) is 1.80. The van der Waals surface area contributed by atoms with Crippen LogP contribution < -0.4 is 5.32 Å². The maximum absolute atomic E-state index is 12.1. The van der Waals surface area contributed by atoms with Gasteiger partial charge in [-0.15, -0.1) is 6.58 Å². The molecule has 0 aliphatic carbocycles. The standard InChI is InChI=1S/C14H17NO3/c1-3-8-15-12(9-13(16)17)14(18)11-6-4-10(2)5-7-11/h3-7,12,15H,1,8-9H2,2H3,(H,16,17). The van der Waals surface area contributed by atoms with Crippen LogP contribution in [0.4, 0.5) is 0 Å². The Bertz CT molecular complexity index is 437. The average Bonchev–Trinajstić information content (AvgIpc) is 2.34. The van der Waals surface area contributed by atoms with Crippen molar-refractivity contribution in [1.82, 2.24) is 5.32 Å². The van der Waals surface area contributed by atoms with Crippen LogP contribution in [0.15, 0.2) is 36.9 Å². The molecule has 0 saturated carbocycles. The molecule has 1 unspecified atom stereocenters. The highest BCUT2D eigenvalue weighted by atomic mass is 16.4. The SMILES string of the molecule is C=CCNC(CC(=O)O)C(=O)c1ccc(C)cc1. The lowest BCUT2D eigenvalue weighted by atomic mass is 10.0. The highest BCUT2D eigenvalue weighted by Crippen LogP contribution is 2.08. The molecule has 18 heavy (non-hydrogen) atoms. The normalized spacial score (nSPS) is 11.8. The molecule has 0 bridgehead atoms. The number of carboxylic acids is 1. The van der Waals surface area contributed by atoms with Crippen LogP contribution in [0, 0.1) is 6.92 Å². The molecule has 0 aromatic heterocycles. The molecule has 1 aromatic carbocycles. The quantitative estimate of drug-likeness (QED) is 0.569. The van der Waals surface area contributed by atoms with E-state index in [1.807, 2.05) is 19.1 Å². The van der Waals surface area contributed by atoms with Crippen LogP contribution in [0.25, 0.3) is 0 Å². The Morgan fingerprint density at radius 2 is 2.00 bits per heavy atom. The van der Waals surface area contributed by atoms with E-state index in [0.717, 1.165) is 5.56 Å². The second-order valence-corrected chi connectivity index (χ2v) is 4.08. The first kappa shape index (κ1) is 14.1. The third-order valence-corrected chi connectivity index (χ3v) is 2.54. The molecule has 0 fully saturated rings. The lowest BCUT2D eigenvalue weighted by molar-refractivity contribution is -0.137. The van der Waals surface area contributed by atoms with Crippen molar-refractivity contribution in [2.24, 2.45) is 0 Å². The number of ketones is 1. The topological polar surface area (TPSA) is 66.4 Å². The van der Waals surface area contributed by atoms with E-state index < -0.39 is 12.0 Å². The van der Waals surface area contributed by atoms with Crippen LogP contribution >= 0.6 is 0 Å². The number of hydrogen-bond acceptors (Lipinski definition) is 3. The summed E-state index contributed by atoms with van der Waals surface area (Å²) < 4.78 is 0. The first-order valence-corrected chi connectivity index (χ1v) is 5.71. The molecule has 0 spiro atoms. The lowest BCUT2D eigenvalue weighted by Gasteiger charge is -2.14. The molecular weight excluding hydrogens is 230 g/mol. The maximum atomic E-state index is 12.1. The molecule has 1 atom stereocenters. The van der Waals surface area contributed by atoms with Gasteiger partial charge in [-0.25, -0.2) is 0 Å². The highest BCUT2D eigenvalue weighted by molar-refractivity contribution is 6.01. The number of aryl methyl sites for hydroxylation is 1. The van der Waals surface area contributed by atoms with Gasteiger partial charge in [0.1, 0.15) is 0 Å². The van der Waals surface area contributed by atoms with E-state index in [4.69, 9.17) is 5.11 Å². The van der Waals surface area contributed by atoms with Gasteiger partial charge in [0, 0.05) is 12.1 Å². The molecule has 4 nitrogen and oxygen atoms in total. The second kappa shape index (κ2) is 6.71. The zero-order chi connectivity index (χ0) is 13.5. The van der Waals surface area contributed by atoms with Crippen molar-refractivity contribution >= 4 is 11.8 Å². The number of aliphatic carboxylic acids is 1. The molecule has 0 radical (unpaired) electrons. The number of carbonyl (C=O) groups is 2. The zero-order valence-corrected chi connectivity index (χ0v) is 10.3. The second-order valence-electron chi connectivity index (χ2n) is 4.08. The van der Waals surface area contributed by atoms with Crippen LogP contribution in [0.5, 0.6) is 0 Å². The molecule has 0 amide bonds. The third-order valence-electron chi connectivity index (χ3n) is 2.54. The molecule has 2 N–H and O–H groups in total. The van der Waals surface area contributed by atoms with Gasteiger partial charge in [0.15, 0.2) is 5.78 Å². The fourth-order valence-electron chi connectivity index (χ4n) is 1.58. The van der Waals surface area contributed by atoms with Crippen molar-refractivity contribution in [2.75, 3.05) is 6.54 Å². The van der Waals surface area contributed by atoms with Gasteiger partial charge >= 0.3 is 5.97 Å². The summed E-state index contributed by atoms with van der Waals surface area (Å²) in [5.41, 5.74) is 1.57. The van der Waals surface area contributed by atoms with Gasteiger partial charge in [-0.05, 0) is 6.92 Å². The minimum Gasteiger partial charge on any atom is -0.481 e. The zero-order valence-electron chi connectivity index (χ0n) is 10.3. The minimum atomic E-state index is -1.00. The van der Waals surface area contributed by atoms with Crippen LogP contribution in [0.1, 0.15) is 22.3 Å². The van der Waals surface area contributed by atoms with E-state index in [1.165, 1.54) is 0 Å². The van der Waals surface area contributed by atoms with Crippen molar-refractivity contribution in [3.8, 4) is 0 Å². The van der Waals surface area contributed by atoms with Crippen LogP contribution in [-0.2, 0) is 4.79 Å². The van der Waals surface area contributed by atoms with Gasteiger partial charge in [0.05, 0.1) is 12.5 Å². The van der Waals surface area contributed by atoms with Gasteiger partial charge in [0.2, 0.25) is 0 Å². The summed E-state index contributed by atoms with van der Waals surface area (Å²) in [6, 6.07) is 6.37. The van der Waals surface area contributed by atoms with E-state index in [2.05, 4.69) is 11.9 Å². The first-order valence-electron chi connectivity index (χ1n) is 5.71. The fraction of sp³-hybridized carbons (Fsp3) is 0.286. The van der Waals surface area contributed by atoms with E-state index >= 15 is 0 Å². The molecule has 96 valence electrons. The van der Waals surface area contributed by atoms with Crippen LogP contribution in [0.3, 0.4) is 0 Å². The van der Waals surface area contributed by atoms with Crippen molar-refractivity contribution in [3.63, 3.8) is 0 Å². The van der Waals surface area contributed by atoms with Crippen LogP contribution in [0.2, 0.25) is 0 Å². The number of nitrogens with one attached hydrogen (secondary N) is 1. The smallest absolute Gasteiger partial charge is 0.305 e. The highest BCUT2D eigenvalue weighted by Gasteiger charge is 2.21. The summed E-state index contributed by atoms with van der Waals surface area (Å²) >= 11 is 0. The summed E-state index contributed by atoms with van der Waals surface area (Å²) in [6.45, 7) is 5.86. The van der Waals surface area contributed by atoms with E-state index in [1.54, 1.807) is 18.2 Å². The van der Waals surface area contributed by atoms with Crippen molar-refractivity contribution in [3.05, 3.63) is 48.0 Å².